The van der Waals surface area contributed by atoms with Gasteiger partial charge in [-0.05, 0) is 73.6 Å². The zero-order valence-electron chi connectivity index (χ0n) is 23.1. The lowest BCUT2D eigenvalue weighted by Crippen LogP contribution is -2.54. The average Bonchev–Trinajstić information content (AvgIpc) is 3.21. The van der Waals surface area contributed by atoms with Gasteiger partial charge in [-0.15, -0.1) is 0 Å². The van der Waals surface area contributed by atoms with Gasteiger partial charge in [0, 0.05) is 17.4 Å². The number of rotatable bonds is 4. The van der Waals surface area contributed by atoms with Crippen LogP contribution in [-0.2, 0) is 25.6 Å². The van der Waals surface area contributed by atoms with Crippen LogP contribution in [0.2, 0.25) is 0 Å². The van der Waals surface area contributed by atoms with Crippen molar-refractivity contribution in [1.82, 2.24) is 0 Å². The maximum Gasteiger partial charge on any atom is 0.238 e. The fourth-order valence-electron chi connectivity index (χ4n) is 7.84. The minimum atomic E-state index is -1.18. The van der Waals surface area contributed by atoms with Gasteiger partial charge in [0.1, 0.15) is 11.5 Å². The largest absolute Gasteiger partial charge is 0.508 e. The van der Waals surface area contributed by atoms with Crippen molar-refractivity contribution in [2.45, 2.75) is 46.0 Å². The fraction of sp³-hybridized carbons (Fsp3) is 0.394. The van der Waals surface area contributed by atoms with E-state index in [1.807, 2.05) is 37.3 Å². The van der Waals surface area contributed by atoms with Gasteiger partial charge in [-0.1, -0.05) is 43.7 Å². The number of hydrogen-bond donors (Lipinski definition) is 1. The van der Waals surface area contributed by atoms with Crippen LogP contribution < -0.4 is 9.64 Å². The van der Waals surface area contributed by atoms with Gasteiger partial charge in [0.05, 0.1) is 30.0 Å². The molecule has 7 heteroatoms. The average molecular weight is 540 g/mol. The normalized spacial score (nSPS) is 31.3. The Morgan fingerprint density at radius 3 is 2.42 bits per heavy atom. The molecule has 2 aromatic carbocycles. The second-order valence-electron chi connectivity index (χ2n) is 11.7. The number of amides is 2. The van der Waals surface area contributed by atoms with E-state index in [0.29, 0.717) is 29.0 Å². The summed E-state index contributed by atoms with van der Waals surface area (Å²) in [6.45, 7) is 5.50. The Labute approximate surface area is 233 Å². The summed E-state index contributed by atoms with van der Waals surface area (Å²) in [6, 6.07) is 12.4. The lowest BCUT2D eigenvalue weighted by Gasteiger charge is -2.53. The molecule has 0 spiro atoms. The molecular weight excluding hydrogens is 506 g/mol. The summed E-state index contributed by atoms with van der Waals surface area (Å²) >= 11 is 0. The van der Waals surface area contributed by atoms with Crippen LogP contribution in [0.1, 0.15) is 50.7 Å². The molecule has 40 heavy (non-hydrogen) atoms. The zero-order valence-corrected chi connectivity index (χ0v) is 23.1. The highest BCUT2D eigenvalue weighted by Crippen LogP contribution is 2.64. The molecule has 0 bridgehead atoms. The third-order valence-corrected chi connectivity index (χ3v) is 9.80. The number of benzene rings is 2. The van der Waals surface area contributed by atoms with Crippen molar-refractivity contribution in [3.8, 4) is 11.5 Å². The summed E-state index contributed by atoms with van der Waals surface area (Å²) in [5, 5.41) is 11.2. The highest BCUT2D eigenvalue weighted by molar-refractivity contribution is 6.22. The second kappa shape index (κ2) is 9.29. The molecule has 6 rings (SSSR count). The van der Waals surface area contributed by atoms with E-state index in [4.69, 9.17) is 4.74 Å². The Morgan fingerprint density at radius 2 is 1.75 bits per heavy atom. The number of ketones is 2. The predicted molar refractivity (Wildman–Crippen MR) is 149 cm³/mol. The number of aryl methyl sites for hydroxylation is 1. The molecule has 1 saturated heterocycles. The van der Waals surface area contributed by atoms with E-state index in [-0.39, 0.29) is 35.6 Å². The fourth-order valence-corrected chi connectivity index (χ4v) is 7.84. The third-order valence-electron chi connectivity index (χ3n) is 9.80. The molecule has 1 heterocycles. The molecule has 3 aliphatic carbocycles. The summed E-state index contributed by atoms with van der Waals surface area (Å²) in [4.78, 5) is 56.5. The molecule has 7 nitrogen and oxygen atoms in total. The summed E-state index contributed by atoms with van der Waals surface area (Å²) in [6.07, 6.45) is 4.86. The molecule has 1 saturated carbocycles. The van der Waals surface area contributed by atoms with Gasteiger partial charge in [0.25, 0.3) is 0 Å². The molecule has 2 fully saturated rings. The smallest absolute Gasteiger partial charge is 0.238 e. The van der Waals surface area contributed by atoms with Crippen LogP contribution in [0.25, 0.3) is 0 Å². The topological polar surface area (TPSA) is 101 Å². The minimum Gasteiger partial charge on any atom is -0.508 e. The number of fused-ring (bicyclic) bond motifs is 4. The Hall–Kier alpha value is -4.00. The SMILES string of the molecule is CCc1ccc(N2C(=O)[C@H]3[C@H](CC=C4[C@H]3C[C@H]3C(=O)C=C(C)C(=O)[C@@]3(C)[C@H]4c3c(O)cccc3OC)C2=O)cc1. The number of Topliss-reactive ketones (excluding diaryl/α,β-unsaturated/α-hetero) is 1. The van der Waals surface area contributed by atoms with Crippen LogP contribution in [0.3, 0.4) is 0 Å². The number of hydrogen-bond acceptors (Lipinski definition) is 6. The highest BCUT2D eigenvalue weighted by atomic mass is 16.5. The first-order valence-electron chi connectivity index (χ1n) is 13.9. The second-order valence-corrected chi connectivity index (χ2v) is 11.7. The Kier molecular flexibility index (Phi) is 6.09. The number of aromatic hydroxyl groups is 1. The number of methoxy groups -OCH3 is 1. The van der Waals surface area contributed by atoms with Gasteiger partial charge in [-0.2, -0.15) is 0 Å². The van der Waals surface area contributed by atoms with E-state index < -0.39 is 35.0 Å². The number of imide groups is 1. The summed E-state index contributed by atoms with van der Waals surface area (Å²) in [5.41, 5.74) is 2.11. The van der Waals surface area contributed by atoms with Gasteiger partial charge in [-0.25, -0.2) is 0 Å². The highest BCUT2D eigenvalue weighted by Gasteiger charge is 2.64. The maximum absolute atomic E-state index is 14.1. The van der Waals surface area contributed by atoms with E-state index in [1.54, 1.807) is 32.0 Å². The predicted octanol–water partition coefficient (Wildman–Crippen LogP) is 4.92. The van der Waals surface area contributed by atoms with Crippen LogP contribution in [0.4, 0.5) is 5.69 Å². The van der Waals surface area contributed by atoms with E-state index in [1.165, 1.54) is 18.1 Å². The van der Waals surface area contributed by atoms with Crippen molar-refractivity contribution >= 4 is 29.1 Å². The van der Waals surface area contributed by atoms with Crippen molar-refractivity contribution in [3.63, 3.8) is 0 Å². The lowest BCUT2D eigenvalue weighted by atomic mass is 9.47. The summed E-state index contributed by atoms with van der Waals surface area (Å²) in [7, 11) is 1.50. The third kappa shape index (κ3) is 3.49. The quantitative estimate of drug-likeness (QED) is 0.437. The molecule has 0 radical (unpaired) electrons. The molecule has 1 aliphatic heterocycles. The number of phenols is 1. The Morgan fingerprint density at radius 1 is 1.02 bits per heavy atom. The van der Waals surface area contributed by atoms with Gasteiger partial charge >= 0.3 is 0 Å². The lowest BCUT2D eigenvalue weighted by molar-refractivity contribution is -0.141. The number of carbonyl (C=O) groups is 4. The molecule has 1 N–H and O–H groups in total. The standard InChI is InChI=1S/C33H33NO6/c1-5-18-9-11-19(12-10-18)34-31(38)21-14-13-20-22(27(21)32(34)39)16-23-25(36)15-17(2)30(37)33(23,3)29(20)28-24(35)7-6-8-26(28)40-4/h6-13,15,21-23,27,29,35H,5,14,16H2,1-4H3/t21-,22+,23-,27-,29+,33+/m0/s1. The monoisotopic (exact) mass is 539 g/mol. The van der Waals surface area contributed by atoms with Crippen molar-refractivity contribution < 1.29 is 29.0 Å². The molecule has 4 aliphatic rings. The number of carbonyl (C=O) groups excluding carboxylic acids is 4. The molecule has 206 valence electrons. The number of nitrogens with zero attached hydrogens (tertiary/aromatic N) is 1. The van der Waals surface area contributed by atoms with Crippen LogP contribution in [0.5, 0.6) is 11.5 Å². The molecule has 2 aromatic rings. The Bertz CT molecular complexity index is 1520. The van der Waals surface area contributed by atoms with Crippen LogP contribution in [0.15, 0.2) is 65.8 Å². The van der Waals surface area contributed by atoms with E-state index in [9.17, 15) is 24.3 Å². The van der Waals surface area contributed by atoms with Crippen molar-refractivity contribution in [2.24, 2.45) is 29.1 Å². The van der Waals surface area contributed by atoms with E-state index in [2.05, 4.69) is 0 Å². The first-order chi connectivity index (χ1) is 19.1. The van der Waals surface area contributed by atoms with E-state index >= 15 is 0 Å². The van der Waals surface area contributed by atoms with Crippen molar-refractivity contribution in [3.05, 3.63) is 76.9 Å². The molecular formula is C33H33NO6. The van der Waals surface area contributed by atoms with Gasteiger partial charge < -0.3 is 9.84 Å². The molecule has 0 unspecified atom stereocenters. The van der Waals surface area contributed by atoms with Crippen molar-refractivity contribution in [1.29, 1.82) is 0 Å². The first-order valence-corrected chi connectivity index (χ1v) is 13.9. The molecule has 0 aromatic heterocycles. The molecule has 6 atom stereocenters. The van der Waals surface area contributed by atoms with Gasteiger partial charge in [0.2, 0.25) is 11.8 Å². The summed E-state index contributed by atoms with van der Waals surface area (Å²) < 4.78 is 5.66. The number of phenolic OH excluding ortho intramolecular Hbond substituents is 1. The molecule has 2 amide bonds. The zero-order chi connectivity index (χ0) is 28.5. The maximum atomic E-state index is 14.1. The number of anilines is 1. The minimum absolute atomic E-state index is 0.0353. The van der Waals surface area contributed by atoms with E-state index in [0.717, 1.165) is 17.6 Å². The van der Waals surface area contributed by atoms with Gasteiger partial charge in [0.15, 0.2) is 11.6 Å². The number of allylic oxidation sites excluding steroid dienone is 4. The summed E-state index contributed by atoms with van der Waals surface area (Å²) in [5.74, 6) is -3.50. The first kappa shape index (κ1) is 26.2. The van der Waals surface area contributed by atoms with Crippen LogP contribution >= 0.6 is 0 Å². The van der Waals surface area contributed by atoms with Gasteiger partial charge in [-0.3, -0.25) is 24.1 Å². The Balaban J connectivity index is 1.51. The van der Waals surface area contributed by atoms with Crippen LogP contribution in [-0.4, -0.2) is 35.6 Å². The van der Waals surface area contributed by atoms with Crippen molar-refractivity contribution in [2.75, 3.05) is 12.0 Å². The number of ether oxygens (including phenoxy) is 1. The van der Waals surface area contributed by atoms with Crippen LogP contribution in [0, 0.1) is 29.1 Å².